The number of hydrogen-bond donors (Lipinski definition) is 3. The molecule has 3 amide bonds. The van der Waals surface area contributed by atoms with Gasteiger partial charge < -0.3 is 25.2 Å². The topological polar surface area (TPSA) is 140 Å². The summed E-state index contributed by atoms with van der Waals surface area (Å²) in [5.74, 6) is -0.934. The van der Waals surface area contributed by atoms with Gasteiger partial charge in [-0.25, -0.2) is 0 Å². The molecule has 1 aromatic heterocycles. The van der Waals surface area contributed by atoms with E-state index in [4.69, 9.17) is 9.26 Å². The van der Waals surface area contributed by atoms with Crippen molar-refractivity contribution in [3.8, 4) is 0 Å². The first-order valence-corrected chi connectivity index (χ1v) is 12.1. The van der Waals surface area contributed by atoms with Gasteiger partial charge in [-0.2, -0.15) is 0 Å². The van der Waals surface area contributed by atoms with Crippen molar-refractivity contribution in [2.75, 3.05) is 13.7 Å². The third-order valence-electron chi connectivity index (χ3n) is 6.17. The van der Waals surface area contributed by atoms with Gasteiger partial charge in [-0.15, -0.1) is 0 Å². The summed E-state index contributed by atoms with van der Waals surface area (Å²) in [6.07, 6.45) is 2.16. The maximum atomic E-state index is 13.4. The standard InChI is InChI=1S/C25H40N4O6/c1-14(2)11-16(20(30)25(7)9-10-25)26-23(33)19(24(4,5)6)28-22(32)18(13-34-8)27-21(31)17-12-15(3)35-29-17/h12,14,16,18-19H,9-11,13H2,1-8H3,(H,26,33)(H,27,31)(H,28,32)/t16-,18-,19+/m0/s1. The molecule has 1 saturated carbocycles. The minimum Gasteiger partial charge on any atom is -0.382 e. The Bertz CT molecular complexity index is 929. The van der Waals surface area contributed by atoms with E-state index in [1.54, 1.807) is 6.92 Å². The Morgan fingerprint density at radius 1 is 1.09 bits per heavy atom. The van der Waals surface area contributed by atoms with E-state index in [0.717, 1.165) is 12.8 Å². The van der Waals surface area contributed by atoms with Crippen LogP contribution in [0.1, 0.15) is 77.1 Å². The normalized spacial score (nSPS) is 17.3. The fourth-order valence-electron chi connectivity index (χ4n) is 3.79. The van der Waals surface area contributed by atoms with E-state index in [2.05, 4.69) is 21.1 Å². The van der Waals surface area contributed by atoms with Gasteiger partial charge in [0.15, 0.2) is 11.5 Å². The largest absolute Gasteiger partial charge is 0.382 e. The summed E-state index contributed by atoms with van der Waals surface area (Å²) in [7, 11) is 1.40. The Morgan fingerprint density at radius 3 is 2.17 bits per heavy atom. The van der Waals surface area contributed by atoms with Gasteiger partial charge in [0.2, 0.25) is 11.8 Å². The van der Waals surface area contributed by atoms with Crippen molar-refractivity contribution >= 4 is 23.5 Å². The van der Waals surface area contributed by atoms with Crippen LogP contribution in [-0.4, -0.2) is 60.5 Å². The summed E-state index contributed by atoms with van der Waals surface area (Å²) >= 11 is 0. The number of hydrogen-bond acceptors (Lipinski definition) is 7. The van der Waals surface area contributed by atoms with E-state index < -0.39 is 41.3 Å². The molecular formula is C25H40N4O6. The molecular weight excluding hydrogens is 452 g/mol. The van der Waals surface area contributed by atoms with Crippen molar-refractivity contribution in [2.24, 2.45) is 16.7 Å². The number of nitrogens with one attached hydrogen (secondary N) is 3. The highest BCUT2D eigenvalue weighted by atomic mass is 16.5. The first-order valence-electron chi connectivity index (χ1n) is 12.1. The Hall–Kier alpha value is -2.75. The second kappa shape index (κ2) is 11.3. The number of ketones is 1. The summed E-state index contributed by atoms with van der Waals surface area (Å²) in [6.45, 7) is 12.9. The number of Topliss-reactive ketones (excluding diaryl/α,β-unsaturated/α-hetero) is 1. The van der Waals surface area contributed by atoms with Crippen LogP contribution in [0.15, 0.2) is 10.6 Å². The van der Waals surface area contributed by atoms with Crippen LogP contribution in [0.25, 0.3) is 0 Å². The highest BCUT2D eigenvalue weighted by molar-refractivity contribution is 5.99. The molecule has 0 unspecified atom stereocenters. The van der Waals surface area contributed by atoms with Crippen LogP contribution >= 0.6 is 0 Å². The molecule has 1 fully saturated rings. The maximum absolute atomic E-state index is 13.4. The molecule has 1 aliphatic rings. The third-order valence-corrected chi connectivity index (χ3v) is 6.17. The van der Waals surface area contributed by atoms with E-state index in [1.165, 1.54) is 13.2 Å². The average molecular weight is 493 g/mol. The number of methoxy groups -OCH3 is 1. The maximum Gasteiger partial charge on any atom is 0.274 e. The third kappa shape index (κ3) is 7.88. The van der Waals surface area contributed by atoms with Gasteiger partial charge in [0.25, 0.3) is 5.91 Å². The molecule has 0 bridgehead atoms. The van der Waals surface area contributed by atoms with Crippen LogP contribution in [0.4, 0.5) is 0 Å². The van der Waals surface area contributed by atoms with Gasteiger partial charge in [-0.3, -0.25) is 19.2 Å². The molecule has 0 saturated heterocycles. The van der Waals surface area contributed by atoms with Crippen molar-refractivity contribution in [2.45, 2.75) is 85.9 Å². The number of carbonyl (C=O) groups excluding carboxylic acids is 4. The summed E-state index contributed by atoms with van der Waals surface area (Å²) in [5.41, 5.74) is -1.02. The number of amides is 3. The van der Waals surface area contributed by atoms with Crippen molar-refractivity contribution < 1.29 is 28.4 Å². The molecule has 3 N–H and O–H groups in total. The van der Waals surface area contributed by atoms with Crippen molar-refractivity contribution in [3.05, 3.63) is 17.5 Å². The lowest BCUT2D eigenvalue weighted by Crippen LogP contribution is -2.60. The summed E-state index contributed by atoms with van der Waals surface area (Å²) in [4.78, 5) is 52.1. The monoisotopic (exact) mass is 492 g/mol. The number of aryl methyl sites for hydroxylation is 1. The summed E-state index contributed by atoms with van der Waals surface area (Å²) in [6, 6.07) is -1.19. The smallest absolute Gasteiger partial charge is 0.274 e. The highest BCUT2D eigenvalue weighted by Crippen LogP contribution is 2.47. The lowest BCUT2D eigenvalue weighted by atomic mass is 9.85. The van der Waals surface area contributed by atoms with E-state index in [1.807, 2.05) is 41.5 Å². The molecule has 0 radical (unpaired) electrons. The molecule has 1 aromatic rings. The van der Waals surface area contributed by atoms with Gasteiger partial charge >= 0.3 is 0 Å². The molecule has 10 heteroatoms. The van der Waals surface area contributed by atoms with Crippen LogP contribution < -0.4 is 16.0 Å². The zero-order valence-corrected chi connectivity index (χ0v) is 22.1. The minimum absolute atomic E-state index is 0.0325. The van der Waals surface area contributed by atoms with Crippen LogP contribution in [0, 0.1) is 23.7 Å². The Kier molecular flexibility index (Phi) is 9.22. The van der Waals surface area contributed by atoms with Crippen LogP contribution in [0.2, 0.25) is 0 Å². The van der Waals surface area contributed by atoms with Gasteiger partial charge in [-0.1, -0.05) is 46.7 Å². The number of rotatable bonds is 12. The van der Waals surface area contributed by atoms with E-state index in [9.17, 15) is 19.2 Å². The van der Waals surface area contributed by atoms with Crippen molar-refractivity contribution in [1.82, 2.24) is 21.1 Å². The summed E-state index contributed by atoms with van der Waals surface area (Å²) in [5, 5.41) is 11.9. The van der Waals surface area contributed by atoms with E-state index in [0.29, 0.717) is 12.2 Å². The van der Waals surface area contributed by atoms with Crippen LogP contribution in [0.5, 0.6) is 0 Å². The molecule has 35 heavy (non-hydrogen) atoms. The zero-order chi connectivity index (χ0) is 26.6. The zero-order valence-electron chi connectivity index (χ0n) is 22.1. The Balaban J connectivity index is 2.16. The Labute approximate surface area is 207 Å². The predicted molar refractivity (Wildman–Crippen MR) is 129 cm³/mol. The molecule has 3 atom stereocenters. The SMILES string of the molecule is COC[C@H](NC(=O)c1cc(C)on1)C(=O)N[C@H](C(=O)N[C@@H](CC(C)C)C(=O)C1(C)CC1)C(C)(C)C. The second-order valence-corrected chi connectivity index (χ2v) is 11.2. The number of nitrogens with zero attached hydrogens (tertiary/aromatic N) is 1. The predicted octanol–water partition coefficient (Wildman–Crippen LogP) is 2.16. The number of aromatic nitrogens is 1. The summed E-state index contributed by atoms with van der Waals surface area (Å²) < 4.78 is 10.0. The Morgan fingerprint density at radius 2 is 1.71 bits per heavy atom. The molecule has 1 heterocycles. The lowest BCUT2D eigenvalue weighted by molar-refractivity contribution is -0.136. The van der Waals surface area contributed by atoms with Gasteiger partial charge in [0.1, 0.15) is 17.8 Å². The molecule has 2 rings (SSSR count). The van der Waals surface area contributed by atoms with Gasteiger partial charge in [-0.05, 0) is 37.5 Å². The van der Waals surface area contributed by atoms with E-state index >= 15 is 0 Å². The van der Waals surface area contributed by atoms with E-state index in [-0.39, 0.29) is 29.4 Å². The van der Waals surface area contributed by atoms with Crippen LogP contribution in [0.3, 0.4) is 0 Å². The average Bonchev–Trinajstić information content (AvgIpc) is 3.35. The molecule has 10 nitrogen and oxygen atoms in total. The number of carbonyl (C=O) groups is 4. The number of ether oxygens (including phenoxy) is 1. The fraction of sp³-hybridized carbons (Fsp3) is 0.720. The molecule has 0 spiro atoms. The van der Waals surface area contributed by atoms with Gasteiger partial charge in [0, 0.05) is 18.6 Å². The van der Waals surface area contributed by atoms with Crippen molar-refractivity contribution in [3.63, 3.8) is 0 Å². The lowest BCUT2D eigenvalue weighted by Gasteiger charge is -2.33. The first-order chi connectivity index (χ1) is 16.2. The van der Waals surface area contributed by atoms with Crippen LogP contribution in [-0.2, 0) is 19.1 Å². The highest BCUT2D eigenvalue weighted by Gasteiger charge is 2.48. The van der Waals surface area contributed by atoms with Gasteiger partial charge in [0.05, 0.1) is 12.6 Å². The fourth-order valence-corrected chi connectivity index (χ4v) is 3.79. The van der Waals surface area contributed by atoms with Crippen molar-refractivity contribution in [1.29, 1.82) is 0 Å². The minimum atomic E-state index is -1.07. The molecule has 1 aliphatic carbocycles. The molecule has 0 aromatic carbocycles. The first kappa shape index (κ1) is 28.5. The molecule has 196 valence electrons. The molecule has 0 aliphatic heterocycles. The quantitative estimate of drug-likeness (QED) is 0.406. The second-order valence-electron chi connectivity index (χ2n) is 11.2.